The van der Waals surface area contributed by atoms with E-state index in [1.165, 1.54) is 25.0 Å². The van der Waals surface area contributed by atoms with E-state index in [1.54, 1.807) is 12.1 Å². The third-order valence-electron chi connectivity index (χ3n) is 5.60. The Hall–Kier alpha value is -2.38. The molecule has 3 rings (SSSR count). The zero-order chi connectivity index (χ0) is 22.6. The van der Waals surface area contributed by atoms with Crippen LogP contribution in [-0.2, 0) is 6.11 Å². The van der Waals surface area contributed by atoms with Gasteiger partial charge in [0.05, 0.1) is 5.56 Å². The van der Waals surface area contributed by atoms with Gasteiger partial charge in [-0.3, -0.25) is 0 Å². The predicted octanol–water partition coefficient (Wildman–Crippen LogP) is 7.93. The first-order chi connectivity index (χ1) is 14.6. The maximum absolute atomic E-state index is 14.5. The first-order valence-electron chi connectivity index (χ1n) is 10.3. The van der Waals surface area contributed by atoms with Gasteiger partial charge in [-0.2, -0.15) is 8.78 Å². The summed E-state index contributed by atoms with van der Waals surface area (Å²) >= 11 is 0. The van der Waals surface area contributed by atoms with Gasteiger partial charge >= 0.3 is 12.5 Å². The summed E-state index contributed by atoms with van der Waals surface area (Å²) in [6.45, 7) is 2.16. The number of halogens is 6. The Balaban J connectivity index is 1.65. The Morgan fingerprint density at radius 2 is 1.65 bits per heavy atom. The molecule has 0 aliphatic heterocycles. The summed E-state index contributed by atoms with van der Waals surface area (Å²) in [6, 6.07) is 7.66. The minimum Gasteiger partial charge on any atom is -0.429 e. The molecule has 31 heavy (non-hydrogen) atoms. The summed E-state index contributed by atoms with van der Waals surface area (Å²) in [5.41, 5.74) is 0.575. The van der Waals surface area contributed by atoms with Crippen molar-refractivity contribution in [2.45, 2.75) is 63.8 Å². The highest BCUT2D eigenvalue weighted by Gasteiger charge is 2.36. The molecule has 0 radical (unpaired) electrons. The van der Waals surface area contributed by atoms with Crippen LogP contribution < -0.4 is 9.47 Å². The van der Waals surface area contributed by atoms with Crippen molar-refractivity contribution in [2.75, 3.05) is 0 Å². The molecule has 170 valence electrons. The maximum atomic E-state index is 14.5. The number of alkyl halides is 5. The molecular weight excluding hydrogens is 422 g/mol. The fourth-order valence-corrected chi connectivity index (χ4v) is 4.04. The Labute approximate surface area is 177 Å². The summed E-state index contributed by atoms with van der Waals surface area (Å²) in [5.74, 6) is -2.17. The molecule has 2 unspecified atom stereocenters. The standard InChI is InChI=1S/C23H24F6O2/c1-2-3-4-15-5-6-17(13-15)16-7-9-18(10-8-16)22(25,26)30-19-11-12-21(20(24)14-19)31-23(27,28)29/h7-12,14-15,17H,2-6,13H2,1H3. The summed E-state index contributed by atoms with van der Waals surface area (Å²) < 4.78 is 87.4. The summed E-state index contributed by atoms with van der Waals surface area (Å²) in [6.07, 6.45) is -2.09. The summed E-state index contributed by atoms with van der Waals surface area (Å²) in [5, 5.41) is 0. The lowest BCUT2D eigenvalue weighted by Gasteiger charge is -2.20. The van der Waals surface area contributed by atoms with Gasteiger partial charge in [0, 0.05) is 6.07 Å². The summed E-state index contributed by atoms with van der Waals surface area (Å²) in [7, 11) is 0. The van der Waals surface area contributed by atoms with Crippen molar-refractivity contribution in [1.82, 2.24) is 0 Å². The highest BCUT2D eigenvalue weighted by molar-refractivity contribution is 5.34. The van der Waals surface area contributed by atoms with Gasteiger partial charge in [0.15, 0.2) is 11.6 Å². The Bertz CT molecular complexity index is 863. The maximum Gasteiger partial charge on any atom is 0.573 e. The second-order valence-corrected chi connectivity index (χ2v) is 7.90. The van der Waals surface area contributed by atoms with Gasteiger partial charge in [0.2, 0.25) is 0 Å². The SMILES string of the molecule is CCCCC1CCC(c2ccc(C(F)(F)Oc3ccc(OC(F)(F)F)c(F)c3)cc2)C1. The van der Waals surface area contributed by atoms with Gasteiger partial charge in [0.1, 0.15) is 5.75 Å². The van der Waals surface area contributed by atoms with Crippen LogP contribution in [0.3, 0.4) is 0 Å². The highest BCUT2D eigenvalue weighted by atomic mass is 19.4. The van der Waals surface area contributed by atoms with Gasteiger partial charge in [-0.1, -0.05) is 38.3 Å². The van der Waals surface area contributed by atoms with Gasteiger partial charge in [-0.25, -0.2) is 4.39 Å². The molecule has 1 aliphatic carbocycles. The molecule has 2 aromatic carbocycles. The number of ether oxygens (including phenoxy) is 2. The lowest BCUT2D eigenvalue weighted by atomic mass is 9.94. The van der Waals surface area contributed by atoms with E-state index >= 15 is 0 Å². The van der Waals surface area contributed by atoms with E-state index in [0.717, 1.165) is 37.3 Å². The molecule has 8 heteroatoms. The second-order valence-electron chi connectivity index (χ2n) is 7.90. The van der Waals surface area contributed by atoms with Crippen LogP contribution in [0.5, 0.6) is 11.5 Å². The number of unbranched alkanes of at least 4 members (excludes halogenated alkanes) is 1. The smallest absolute Gasteiger partial charge is 0.429 e. The van der Waals surface area contributed by atoms with E-state index in [-0.39, 0.29) is 0 Å². The van der Waals surface area contributed by atoms with Crippen LogP contribution >= 0.6 is 0 Å². The van der Waals surface area contributed by atoms with E-state index in [1.807, 2.05) is 0 Å². The van der Waals surface area contributed by atoms with Crippen molar-refractivity contribution in [1.29, 1.82) is 0 Å². The van der Waals surface area contributed by atoms with Crippen molar-refractivity contribution in [3.05, 3.63) is 59.4 Å². The molecular formula is C23H24F6O2. The predicted molar refractivity (Wildman–Crippen MR) is 104 cm³/mol. The van der Waals surface area contributed by atoms with Crippen molar-refractivity contribution in [2.24, 2.45) is 5.92 Å². The average Bonchev–Trinajstić information content (AvgIpc) is 3.16. The van der Waals surface area contributed by atoms with Crippen LogP contribution in [0.1, 0.15) is 62.5 Å². The van der Waals surface area contributed by atoms with Crippen LogP contribution in [0.2, 0.25) is 0 Å². The minimum atomic E-state index is -5.09. The Kier molecular flexibility index (Phi) is 7.06. The van der Waals surface area contributed by atoms with Gasteiger partial charge in [-0.05, 0) is 60.9 Å². The van der Waals surface area contributed by atoms with Crippen LogP contribution in [0.15, 0.2) is 42.5 Å². The fraction of sp³-hybridized carbons (Fsp3) is 0.478. The van der Waals surface area contributed by atoms with Gasteiger partial charge in [-0.15, -0.1) is 13.2 Å². The monoisotopic (exact) mass is 446 g/mol. The lowest BCUT2D eigenvalue weighted by molar-refractivity contribution is -0.275. The minimum absolute atomic E-state index is 0.348. The number of hydrogen-bond donors (Lipinski definition) is 0. The van der Waals surface area contributed by atoms with E-state index < -0.39 is 35.4 Å². The Morgan fingerprint density at radius 1 is 0.935 bits per heavy atom. The number of benzene rings is 2. The normalized spacial score (nSPS) is 19.5. The molecule has 2 aromatic rings. The molecule has 0 saturated heterocycles. The Morgan fingerprint density at radius 3 is 2.26 bits per heavy atom. The van der Waals surface area contributed by atoms with Crippen molar-refractivity contribution >= 4 is 0 Å². The van der Waals surface area contributed by atoms with Crippen LogP contribution in [0.4, 0.5) is 26.3 Å². The second kappa shape index (κ2) is 9.40. The first kappa shape index (κ1) is 23.3. The van der Waals surface area contributed by atoms with Crippen molar-refractivity contribution < 1.29 is 35.8 Å². The number of rotatable bonds is 8. The molecule has 1 fully saturated rings. The van der Waals surface area contributed by atoms with Crippen LogP contribution in [0.25, 0.3) is 0 Å². The molecule has 0 bridgehead atoms. The topological polar surface area (TPSA) is 18.5 Å². The molecule has 0 heterocycles. The summed E-state index contributed by atoms with van der Waals surface area (Å²) in [4.78, 5) is 0. The molecule has 0 amide bonds. The highest BCUT2D eigenvalue weighted by Crippen LogP contribution is 2.41. The first-order valence-corrected chi connectivity index (χ1v) is 10.3. The number of hydrogen-bond acceptors (Lipinski definition) is 2. The van der Waals surface area contributed by atoms with E-state index in [4.69, 9.17) is 0 Å². The molecule has 0 aromatic heterocycles. The largest absolute Gasteiger partial charge is 0.573 e. The zero-order valence-corrected chi connectivity index (χ0v) is 17.0. The van der Waals surface area contributed by atoms with E-state index in [9.17, 15) is 26.3 Å². The van der Waals surface area contributed by atoms with Crippen molar-refractivity contribution in [3.63, 3.8) is 0 Å². The molecule has 1 saturated carbocycles. The fourth-order valence-electron chi connectivity index (χ4n) is 4.04. The molecule has 0 N–H and O–H groups in total. The van der Waals surface area contributed by atoms with Crippen LogP contribution in [0, 0.1) is 11.7 Å². The molecule has 2 nitrogen and oxygen atoms in total. The quantitative estimate of drug-likeness (QED) is 0.384. The van der Waals surface area contributed by atoms with Gasteiger partial charge in [0.25, 0.3) is 0 Å². The lowest BCUT2D eigenvalue weighted by Crippen LogP contribution is -2.22. The molecule has 2 atom stereocenters. The van der Waals surface area contributed by atoms with Crippen molar-refractivity contribution in [3.8, 4) is 11.5 Å². The molecule has 1 aliphatic rings. The third-order valence-corrected chi connectivity index (χ3v) is 5.60. The van der Waals surface area contributed by atoms with Gasteiger partial charge < -0.3 is 9.47 Å². The average molecular weight is 446 g/mol. The van der Waals surface area contributed by atoms with E-state index in [2.05, 4.69) is 16.4 Å². The zero-order valence-electron chi connectivity index (χ0n) is 17.0. The van der Waals surface area contributed by atoms with Crippen LogP contribution in [-0.4, -0.2) is 6.36 Å². The molecule has 0 spiro atoms. The third kappa shape index (κ3) is 6.31. The van der Waals surface area contributed by atoms with E-state index in [0.29, 0.717) is 24.0 Å².